The van der Waals surface area contributed by atoms with Crippen molar-refractivity contribution < 1.29 is 19.4 Å². The Bertz CT molecular complexity index is 1450. The number of nitrogens with one attached hydrogen (secondary N) is 1. The Morgan fingerprint density at radius 3 is 2.47 bits per heavy atom. The monoisotopic (exact) mass is 544 g/mol. The van der Waals surface area contributed by atoms with Gasteiger partial charge in [0.05, 0.1) is 18.2 Å². The fourth-order valence-corrected chi connectivity index (χ4v) is 4.98. The number of rotatable bonds is 7. The van der Waals surface area contributed by atoms with Gasteiger partial charge in [-0.25, -0.2) is 0 Å². The molecule has 4 aromatic rings. The molecule has 0 saturated carbocycles. The molecule has 0 spiro atoms. The number of halogens is 1. The van der Waals surface area contributed by atoms with E-state index < -0.39 is 17.7 Å². The summed E-state index contributed by atoms with van der Waals surface area (Å²) in [4.78, 5) is 31.4. The zero-order valence-corrected chi connectivity index (χ0v) is 21.3. The maximum Gasteiger partial charge on any atom is 0.295 e. The molecule has 1 amide bonds. The molecule has 0 radical (unpaired) electrons. The summed E-state index contributed by atoms with van der Waals surface area (Å²) >= 11 is 3.45. The second-order valence-electron chi connectivity index (χ2n) is 8.61. The molecule has 1 aliphatic rings. The Morgan fingerprint density at radius 2 is 1.75 bits per heavy atom. The molecular weight excluding hydrogens is 520 g/mol. The van der Waals surface area contributed by atoms with Gasteiger partial charge in [0.25, 0.3) is 11.7 Å². The highest BCUT2D eigenvalue weighted by Gasteiger charge is 2.45. The number of fused-ring (bicyclic) bond motifs is 1. The zero-order valence-electron chi connectivity index (χ0n) is 19.7. The number of ketones is 1. The summed E-state index contributed by atoms with van der Waals surface area (Å²) in [7, 11) is 0. The number of likely N-dealkylation sites (tertiary alicyclic amines) is 1. The Labute approximate surface area is 217 Å². The number of benzene rings is 3. The number of carbonyl (C=O) groups is 2. The standard InChI is InChI=1S/C29H25BrN2O4/c1-2-36-22-13-9-19(10-14-22)27(33)25-26(18-7-11-21(30)12-8-18)32(29(35)28(25)34)16-15-20-17-31-24-6-4-3-5-23(20)24/h3-14,17,26,31,33H,2,15-16H2,1H3/b27-25-. The predicted molar refractivity (Wildman–Crippen MR) is 143 cm³/mol. The number of ether oxygens (including phenoxy) is 1. The Kier molecular flexibility index (Phi) is 6.65. The molecule has 1 aliphatic heterocycles. The lowest BCUT2D eigenvalue weighted by Gasteiger charge is -2.25. The van der Waals surface area contributed by atoms with E-state index in [4.69, 9.17) is 4.74 Å². The van der Waals surface area contributed by atoms with Crippen molar-refractivity contribution in [2.75, 3.05) is 13.2 Å². The highest BCUT2D eigenvalue weighted by Crippen LogP contribution is 2.40. The quantitative estimate of drug-likeness (QED) is 0.170. The van der Waals surface area contributed by atoms with Crippen LogP contribution >= 0.6 is 15.9 Å². The SMILES string of the molecule is CCOc1ccc(/C(O)=C2/C(=O)C(=O)N(CCc3c[nH]c4ccccc34)C2c2ccc(Br)cc2)cc1. The van der Waals surface area contributed by atoms with Crippen molar-refractivity contribution in [3.63, 3.8) is 0 Å². The Balaban J connectivity index is 1.54. The number of aliphatic hydroxyl groups excluding tert-OH is 1. The summed E-state index contributed by atoms with van der Waals surface area (Å²) < 4.78 is 6.37. The molecule has 36 heavy (non-hydrogen) atoms. The van der Waals surface area contributed by atoms with E-state index >= 15 is 0 Å². The predicted octanol–water partition coefficient (Wildman–Crippen LogP) is 5.99. The molecule has 3 aromatic carbocycles. The highest BCUT2D eigenvalue weighted by atomic mass is 79.9. The maximum absolute atomic E-state index is 13.3. The van der Waals surface area contributed by atoms with E-state index in [1.807, 2.05) is 61.7 Å². The number of H-pyrrole nitrogens is 1. The third-order valence-electron chi connectivity index (χ3n) is 6.46. The van der Waals surface area contributed by atoms with Crippen molar-refractivity contribution >= 4 is 44.3 Å². The largest absolute Gasteiger partial charge is 0.507 e. The summed E-state index contributed by atoms with van der Waals surface area (Å²) in [5, 5.41) is 12.3. The van der Waals surface area contributed by atoms with Gasteiger partial charge in [-0.1, -0.05) is 46.3 Å². The van der Waals surface area contributed by atoms with Crippen LogP contribution in [0.5, 0.6) is 5.75 Å². The van der Waals surface area contributed by atoms with Crippen LogP contribution in [-0.4, -0.2) is 39.8 Å². The summed E-state index contributed by atoms with van der Waals surface area (Å²) in [6.45, 7) is 2.74. The number of aromatic nitrogens is 1. The van der Waals surface area contributed by atoms with Crippen LogP contribution < -0.4 is 4.74 Å². The van der Waals surface area contributed by atoms with Crippen molar-refractivity contribution in [2.45, 2.75) is 19.4 Å². The molecule has 0 aliphatic carbocycles. The minimum absolute atomic E-state index is 0.0883. The summed E-state index contributed by atoms with van der Waals surface area (Å²) in [6.07, 6.45) is 2.50. The number of aromatic amines is 1. The lowest BCUT2D eigenvalue weighted by Crippen LogP contribution is -2.31. The first kappa shape index (κ1) is 23.9. The van der Waals surface area contributed by atoms with E-state index in [0.29, 0.717) is 30.9 Å². The molecule has 1 aromatic heterocycles. The molecular formula is C29H25BrN2O4. The minimum Gasteiger partial charge on any atom is -0.507 e. The molecule has 6 nitrogen and oxygen atoms in total. The third kappa shape index (κ3) is 4.42. The molecule has 1 unspecified atom stereocenters. The van der Waals surface area contributed by atoms with Crippen LogP contribution in [0.15, 0.2) is 89.0 Å². The molecule has 0 bridgehead atoms. The van der Waals surface area contributed by atoms with E-state index in [2.05, 4.69) is 20.9 Å². The van der Waals surface area contributed by atoms with Gasteiger partial charge in [-0.2, -0.15) is 0 Å². The van der Waals surface area contributed by atoms with E-state index in [1.165, 1.54) is 0 Å². The van der Waals surface area contributed by atoms with Crippen molar-refractivity contribution in [2.24, 2.45) is 0 Å². The van der Waals surface area contributed by atoms with Crippen LogP contribution in [-0.2, 0) is 16.0 Å². The molecule has 182 valence electrons. The lowest BCUT2D eigenvalue weighted by atomic mass is 9.95. The van der Waals surface area contributed by atoms with Gasteiger partial charge in [0.2, 0.25) is 0 Å². The van der Waals surface area contributed by atoms with Gasteiger partial charge >= 0.3 is 0 Å². The fourth-order valence-electron chi connectivity index (χ4n) is 4.71. The Morgan fingerprint density at radius 1 is 1.03 bits per heavy atom. The number of hydrogen-bond donors (Lipinski definition) is 2. The average Bonchev–Trinajstić information content (AvgIpc) is 3.42. The Hall–Kier alpha value is -3.84. The minimum atomic E-state index is -0.699. The summed E-state index contributed by atoms with van der Waals surface area (Å²) in [5.41, 5.74) is 3.38. The molecule has 1 saturated heterocycles. The van der Waals surface area contributed by atoms with Crippen LogP contribution in [0.1, 0.15) is 29.7 Å². The van der Waals surface area contributed by atoms with Crippen LogP contribution in [0.3, 0.4) is 0 Å². The van der Waals surface area contributed by atoms with Gasteiger partial charge in [0.1, 0.15) is 11.5 Å². The molecule has 5 rings (SSSR count). The first-order chi connectivity index (χ1) is 17.5. The average molecular weight is 545 g/mol. The second kappa shape index (κ2) is 10.0. The van der Waals surface area contributed by atoms with Gasteiger partial charge in [-0.05, 0) is 66.9 Å². The number of Topliss-reactive ketones (excluding diaryl/α,β-unsaturated/α-hetero) is 1. The first-order valence-electron chi connectivity index (χ1n) is 11.8. The van der Waals surface area contributed by atoms with Gasteiger partial charge in [0, 0.05) is 33.7 Å². The van der Waals surface area contributed by atoms with E-state index in [-0.39, 0.29) is 11.3 Å². The van der Waals surface area contributed by atoms with Gasteiger partial charge < -0.3 is 19.7 Å². The van der Waals surface area contributed by atoms with E-state index in [0.717, 1.165) is 26.5 Å². The smallest absolute Gasteiger partial charge is 0.295 e. The van der Waals surface area contributed by atoms with Gasteiger partial charge in [-0.15, -0.1) is 0 Å². The normalized spacial score (nSPS) is 17.2. The van der Waals surface area contributed by atoms with Gasteiger partial charge in [0.15, 0.2) is 0 Å². The number of amides is 1. The molecule has 7 heteroatoms. The molecule has 2 heterocycles. The second-order valence-corrected chi connectivity index (χ2v) is 9.53. The fraction of sp³-hybridized carbons (Fsp3) is 0.172. The topological polar surface area (TPSA) is 82.6 Å². The van der Waals surface area contributed by atoms with Crippen LogP contribution in [0.4, 0.5) is 0 Å². The summed E-state index contributed by atoms with van der Waals surface area (Å²) in [5.74, 6) is -0.833. The zero-order chi connectivity index (χ0) is 25.2. The lowest BCUT2D eigenvalue weighted by molar-refractivity contribution is -0.139. The van der Waals surface area contributed by atoms with Crippen LogP contribution in [0, 0.1) is 0 Å². The number of nitrogens with zero attached hydrogens (tertiary/aromatic N) is 1. The molecule has 1 fully saturated rings. The molecule has 2 N–H and O–H groups in total. The number of para-hydroxylation sites is 1. The van der Waals surface area contributed by atoms with Crippen molar-refractivity contribution in [1.82, 2.24) is 9.88 Å². The first-order valence-corrected chi connectivity index (χ1v) is 12.6. The van der Waals surface area contributed by atoms with Crippen molar-refractivity contribution in [3.8, 4) is 5.75 Å². The highest BCUT2D eigenvalue weighted by molar-refractivity contribution is 9.10. The maximum atomic E-state index is 13.3. The van der Waals surface area contributed by atoms with Crippen molar-refractivity contribution in [1.29, 1.82) is 0 Å². The third-order valence-corrected chi connectivity index (χ3v) is 6.99. The van der Waals surface area contributed by atoms with E-state index in [9.17, 15) is 14.7 Å². The van der Waals surface area contributed by atoms with Gasteiger partial charge in [-0.3, -0.25) is 9.59 Å². The molecule has 1 atom stereocenters. The number of aliphatic hydroxyl groups is 1. The number of carbonyl (C=O) groups excluding carboxylic acids is 2. The summed E-state index contributed by atoms with van der Waals surface area (Å²) in [6, 6.07) is 21.6. The number of hydrogen-bond acceptors (Lipinski definition) is 4. The van der Waals surface area contributed by atoms with E-state index in [1.54, 1.807) is 29.2 Å². The van der Waals surface area contributed by atoms with Crippen molar-refractivity contribution in [3.05, 3.63) is 106 Å². The van der Waals surface area contributed by atoms with Crippen LogP contribution in [0.25, 0.3) is 16.7 Å². The van der Waals surface area contributed by atoms with Crippen LogP contribution in [0.2, 0.25) is 0 Å².